The van der Waals surface area contributed by atoms with E-state index >= 15 is 4.39 Å². The first kappa shape index (κ1) is 52.8. The third-order valence-electron chi connectivity index (χ3n) is 13.3. The molecule has 0 aliphatic carbocycles. The van der Waals surface area contributed by atoms with E-state index in [1.165, 1.54) is 10.8 Å². The highest BCUT2D eigenvalue weighted by molar-refractivity contribution is 6.74. The Balaban J connectivity index is 0.000000270. The van der Waals surface area contributed by atoms with E-state index in [2.05, 4.69) is 77.7 Å². The highest BCUT2D eigenvalue weighted by Crippen LogP contribution is 2.44. The molecule has 18 heteroatoms. The van der Waals surface area contributed by atoms with Gasteiger partial charge in [0.15, 0.2) is 41.4 Å². The molecule has 2 unspecified atom stereocenters. The van der Waals surface area contributed by atoms with Crippen molar-refractivity contribution in [2.45, 2.75) is 169 Å². The third-order valence-corrected chi connectivity index (χ3v) is 22.3. The van der Waals surface area contributed by atoms with Crippen molar-refractivity contribution in [2.24, 2.45) is 0 Å². The zero-order valence-electron chi connectivity index (χ0n) is 41.4. The van der Waals surface area contributed by atoms with Crippen molar-refractivity contribution in [3.05, 3.63) is 103 Å². The van der Waals surface area contributed by atoms with Crippen molar-refractivity contribution < 1.29 is 46.8 Å². The van der Waals surface area contributed by atoms with E-state index in [1.54, 1.807) is 20.0 Å². The number of hydrogen-bond acceptors (Lipinski definition) is 12. The lowest BCUT2D eigenvalue weighted by atomic mass is 10.1. The van der Waals surface area contributed by atoms with Gasteiger partial charge in [0.1, 0.15) is 35.9 Å². The number of benzene rings is 2. The van der Waals surface area contributed by atoms with Crippen LogP contribution in [-0.2, 0) is 18.3 Å². The number of alkyl halides is 2. The van der Waals surface area contributed by atoms with Gasteiger partial charge in [0.25, 0.3) is 0 Å². The van der Waals surface area contributed by atoms with Crippen molar-refractivity contribution in [1.82, 2.24) is 19.1 Å². The Labute approximate surface area is 389 Å². The summed E-state index contributed by atoms with van der Waals surface area (Å²) in [4.78, 5) is 33.7. The summed E-state index contributed by atoms with van der Waals surface area (Å²) in [5, 5.41) is 18.7. The van der Waals surface area contributed by atoms with Gasteiger partial charge < -0.3 is 38.0 Å². The molecule has 4 heterocycles. The fourth-order valence-corrected chi connectivity index (χ4v) is 9.41. The van der Waals surface area contributed by atoms with Gasteiger partial charge in [-0.15, -0.1) is 0 Å². The average Bonchev–Trinajstić information content (AvgIpc) is 3.67. The largest absolute Gasteiger partial charge is 0.438 e. The molecule has 0 saturated carbocycles. The Morgan fingerprint density at radius 1 is 0.652 bits per heavy atom. The minimum Gasteiger partial charge on any atom is -0.438 e. The minimum absolute atomic E-state index is 0.0147. The lowest BCUT2D eigenvalue weighted by Crippen LogP contribution is -2.50. The number of hydrogen-bond donors (Lipinski definition) is 2. The van der Waals surface area contributed by atoms with E-state index in [9.17, 15) is 19.1 Å². The highest BCUT2D eigenvalue weighted by Gasteiger charge is 2.53. The summed E-state index contributed by atoms with van der Waals surface area (Å²) in [5.41, 5.74) is 3.35. The summed E-state index contributed by atoms with van der Waals surface area (Å²) in [6.45, 7) is 32.1. The number of aliphatic hydroxyl groups excluding tert-OH is 2. The number of aryl methyl sites for hydroxylation is 6. The number of aromatic nitrogens is 4. The van der Waals surface area contributed by atoms with Crippen LogP contribution in [0.4, 0.5) is 8.78 Å². The van der Waals surface area contributed by atoms with Crippen molar-refractivity contribution in [2.75, 3.05) is 13.2 Å². The van der Waals surface area contributed by atoms with E-state index in [1.807, 2.05) is 64.1 Å². The van der Waals surface area contributed by atoms with Gasteiger partial charge in [-0.25, -0.2) is 18.4 Å². The number of ether oxygens (including phenoxy) is 4. The maximum absolute atomic E-state index is 16.3. The second-order valence-corrected chi connectivity index (χ2v) is 30.2. The molecule has 2 aromatic heterocycles. The Kier molecular flexibility index (Phi) is 16.2. The van der Waals surface area contributed by atoms with E-state index < -0.39 is 83.8 Å². The molecule has 4 aromatic rings. The summed E-state index contributed by atoms with van der Waals surface area (Å²) < 4.78 is 69.3. The predicted molar refractivity (Wildman–Crippen MR) is 254 cm³/mol. The summed E-state index contributed by atoms with van der Waals surface area (Å²) in [6, 6.07) is 11.5. The second kappa shape index (κ2) is 20.2. The molecule has 2 fully saturated rings. The van der Waals surface area contributed by atoms with Crippen LogP contribution in [0.1, 0.15) is 87.4 Å². The lowest BCUT2D eigenvalue weighted by molar-refractivity contribution is -0.0492. The topological polar surface area (TPSA) is 166 Å². The van der Waals surface area contributed by atoms with Gasteiger partial charge in [-0.05, 0) is 100 Å². The Morgan fingerprint density at radius 2 is 1.05 bits per heavy atom. The van der Waals surface area contributed by atoms with Gasteiger partial charge in [0.2, 0.25) is 11.8 Å². The molecule has 8 atom stereocenters. The normalized spacial score (nSPS) is 23.7. The van der Waals surface area contributed by atoms with E-state index in [0.717, 1.165) is 26.8 Å². The van der Waals surface area contributed by atoms with Crippen LogP contribution in [0.2, 0.25) is 36.3 Å². The van der Waals surface area contributed by atoms with Gasteiger partial charge in [0, 0.05) is 23.5 Å². The Hall–Kier alpha value is -4.15. The van der Waals surface area contributed by atoms with Crippen LogP contribution in [0.15, 0.2) is 58.4 Å². The molecule has 364 valence electrons. The first-order valence-electron chi connectivity index (χ1n) is 22.4. The Morgan fingerprint density at radius 3 is 1.42 bits per heavy atom. The molecule has 0 amide bonds. The van der Waals surface area contributed by atoms with Gasteiger partial charge >= 0.3 is 11.4 Å². The molecule has 2 N–H and O–H groups in total. The molecule has 0 spiro atoms. The van der Waals surface area contributed by atoms with Crippen LogP contribution >= 0.6 is 0 Å². The van der Waals surface area contributed by atoms with E-state index in [0.29, 0.717) is 22.6 Å². The average molecular weight is 957 g/mol. The van der Waals surface area contributed by atoms with Crippen LogP contribution in [0.3, 0.4) is 0 Å². The van der Waals surface area contributed by atoms with Crippen LogP contribution < -0.4 is 20.9 Å². The zero-order chi connectivity index (χ0) is 49.4. The summed E-state index contributed by atoms with van der Waals surface area (Å²) >= 11 is 0. The highest BCUT2D eigenvalue weighted by atomic mass is 28.4. The van der Waals surface area contributed by atoms with Crippen molar-refractivity contribution in [3.63, 3.8) is 0 Å². The van der Waals surface area contributed by atoms with Gasteiger partial charge in [0.05, 0.1) is 13.2 Å². The smallest absolute Gasteiger partial charge is 0.353 e. The van der Waals surface area contributed by atoms with Crippen LogP contribution in [0.5, 0.6) is 23.3 Å². The number of aliphatic hydroxyl groups is 2. The van der Waals surface area contributed by atoms with Gasteiger partial charge in [-0.1, -0.05) is 77.9 Å². The first-order chi connectivity index (χ1) is 30.5. The molecule has 66 heavy (non-hydrogen) atoms. The fourth-order valence-electron chi connectivity index (χ4n) is 7.08. The summed E-state index contributed by atoms with van der Waals surface area (Å²) in [7, 11) is -4.51. The van der Waals surface area contributed by atoms with Crippen LogP contribution in [0, 0.1) is 41.5 Å². The molecule has 0 bridgehead atoms. The number of halogens is 2. The molecular weight excluding hydrogens is 887 g/mol. The maximum atomic E-state index is 16.3. The molecule has 6 rings (SSSR count). The third kappa shape index (κ3) is 11.4. The number of rotatable bonds is 12. The number of nitrogens with zero attached hydrogens (tertiary/aromatic N) is 4. The first-order valence-corrected chi connectivity index (χ1v) is 28.2. The molecular formula is C48H70F2N4O10Si2. The molecule has 0 radical (unpaired) electrons. The quantitative estimate of drug-likeness (QED) is 0.130. The number of para-hydroxylation sites is 2. The van der Waals surface area contributed by atoms with Crippen LogP contribution in [0.25, 0.3) is 0 Å². The molecule has 2 aromatic carbocycles. The Bertz CT molecular complexity index is 2430. The van der Waals surface area contributed by atoms with Crippen molar-refractivity contribution in [3.8, 4) is 23.3 Å². The molecule has 2 aliphatic heterocycles. The minimum atomic E-state index is -2.37. The van der Waals surface area contributed by atoms with E-state index in [-0.39, 0.29) is 28.4 Å². The monoisotopic (exact) mass is 956 g/mol. The van der Waals surface area contributed by atoms with Gasteiger partial charge in [-0.2, -0.15) is 9.97 Å². The SMILES string of the molecule is Cc1cn([C@H]2O[C@@H](CO)C(O)[C@H]2F)c(=O)nc1Oc1c(C)cccc1C.Cc1cn([C@H]2O[C@@H](CO[Si](C)(C)C(C)(C)C)C(O[Si](C)(C)C(C)(C)C)[C@H]2F)c(=O)nc1Oc1c(C)cccc1C. The molecule has 2 aliphatic rings. The standard InChI is InChI=1S/C30H49FN2O5Si2.C18H21FN2O5/c1-19-15-14-16-20(2)24(19)37-26-21(3)17-33(28(34)32-26)27-23(31)25(38-40(12,13)30(7,8)9)22(36-27)18-35-39(10,11)29(4,5)6;1-9-5-4-6-10(2)15(9)26-16-11(3)7-21(18(24)20-16)17-13(19)14(23)12(8-22)25-17/h14-17,22-23,25,27H,18H2,1-13H3;4-7,12-14,17,22-23H,8H2,1-3H3/t22-,23+,25?,27-;12-,13+,14?,17-/m00/s1. The fraction of sp³-hybridized carbons (Fsp3) is 0.583. The van der Waals surface area contributed by atoms with Crippen molar-refractivity contribution in [1.29, 1.82) is 0 Å². The lowest BCUT2D eigenvalue weighted by Gasteiger charge is -2.40. The summed E-state index contributed by atoms with van der Waals surface area (Å²) in [5.74, 6) is 1.58. The van der Waals surface area contributed by atoms with Crippen LogP contribution in [-0.4, -0.2) is 95.9 Å². The van der Waals surface area contributed by atoms with E-state index in [4.69, 9.17) is 32.9 Å². The predicted octanol–water partition coefficient (Wildman–Crippen LogP) is 9.16. The maximum Gasteiger partial charge on any atom is 0.353 e. The zero-order valence-corrected chi connectivity index (χ0v) is 43.4. The molecule has 2 saturated heterocycles. The summed E-state index contributed by atoms with van der Waals surface area (Å²) in [6.07, 6.45) is -7.16. The second-order valence-electron chi connectivity index (χ2n) is 20.6. The molecule has 14 nitrogen and oxygen atoms in total. The van der Waals surface area contributed by atoms with Gasteiger partial charge in [-0.3, -0.25) is 9.13 Å². The van der Waals surface area contributed by atoms with Crippen molar-refractivity contribution >= 4 is 16.6 Å².